The number of rotatable bonds is 5. The largest absolute Gasteiger partial charge is 0.494 e. The molecule has 0 radical (unpaired) electrons. The van der Waals surface area contributed by atoms with Crippen LogP contribution in [-0.2, 0) is 0 Å². The number of hydrogen-bond donors (Lipinski definition) is 1. The smallest absolute Gasteiger partial charge is 0.253 e. The molecule has 154 valence electrons. The fourth-order valence-corrected chi connectivity index (χ4v) is 3.83. The minimum absolute atomic E-state index is 0.0166. The molecule has 1 saturated heterocycles. The maximum Gasteiger partial charge on any atom is 0.253 e. The lowest BCUT2D eigenvalue weighted by atomic mass is 10.0. The number of para-hydroxylation sites is 1. The third-order valence-corrected chi connectivity index (χ3v) is 5.42. The zero-order valence-electron chi connectivity index (χ0n) is 17.0. The van der Waals surface area contributed by atoms with Crippen molar-refractivity contribution in [2.24, 2.45) is 0 Å². The molecule has 1 aliphatic rings. The lowest BCUT2D eigenvalue weighted by Crippen LogP contribution is -2.46. The molecule has 1 N–H and O–H groups in total. The highest BCUT2D eigenvalue weighted by molar-refractivity contribution is 6.06. The maximum absolute atomic E-state index is 12.8. The first kappa shape index (κ1) is 19.9. The minimum atomic E-state index is -0.0927. The second kappa shape index (κ2) is 8.95. The average molecular weight is 403 g/mol. The molecule has 0 bridgehead atoms. The van der Waals surface area contributed by atoms with Crippen molar-refractivity contribution >= 4 is 22.7 Å². The Morgan fingerprint density at radius 3 is 2.53 bits per heavy atom. The minimum Gasteiger partial charge on any atom is -0.494 e. The monoisotopic (exact) mass is 403 g/mol. The lowest BCUT2D eigenvalue weighted by Gasteiger charge is -2.32. The van der Waals surface area contributed by atoms with E-state index in [1.807, 2.05) is 48.2 Å². The van der Waals surface area contributed by atoms with Crippen LogP contribution in [0.1, 0.15) is 40.5 Å². The van der Waals surface area contributed by atoms with Crippen LogP contribution in [0.25, 0.3) is 10.9 Å². The summed E-state index contributed by atoms with van der Waals surface area (Å²) in [6.45, 7) is 3.77. The van der Waals surface area contributed by atoms with E-state index in [1.165, 1.54) is 0 Å². The summed E-state index contributed by atoms with van der Waals surface area (Å²) in [7, 11) is 0. The fraction of sp³-hybridized carbons (Fsp3) is 0.292. The standard InChI is InChI=1S/C24H25N3O3/c1-2-30-19-9-7-17(8-10-19)24(29)27-15-12-18(13-16-27)26-23(28)21-11-14-25-22-6-4-3-5-20(21)22/h3-11,14,18H,2,12-13,15-16H2,1H3,(H,26,28). The number of piperidine rings is 1. The molecule has 1 fully saturated rings. The van der Waals surface area contributed by atoms with Gasteiger partial charge in [0, 0.05) is 36.3 Å². The molecule has 3 aromatic rings. The van der Waals surface area contributed by atoms with Crippen LogP contribution >= 0.6 is 0 Å². The summed E-state index contributed by atoms with van der Waals surface area (Å²) in [5.74, 6) is 0.687. The molecule has 0 aliphatic carbocycles. The van der Waals surface area contributed by atoms with E-state index in [9.17, 15) is 9.59 Å². The third-order valence-electron chi connectivity index (χ3n) is 5.42. The number of nitrogens with zero attached hydrogens (tertiary/aromatic N) is 2. The molecule has 0 spiro atoms. The van der Waals surface area contributed by atoms with Gasteiger partial charge in [-0.1, -0.05) is 18.2 Å². The van der Waals surface area contributed by atoms with E-state index in [2.05, 4.69) is 10.3 Å². The highest BCUT2D eigenvalue weighted by Gasteiger charge is 2.25. The Bertz CT molecular complexity index is 1040. The van der Waals surface area contributed by atoms with Crippen molar-refractivity contribution in [3.8, 4) is 5.75 Å². The Morgan fingerprint density at radius 2 is 1.80 bits per heavy atom. The number of nitrogens with one attached hydrogen (secondary N) is 1. The van der Waals surface area contributed by atoms with Crippen molar-refractivity contribution in [1.82, 2.24) is 15.2 Å². The molecule has 0 unspecified atom stereocenters. The molecule has 30 heavy (non-hydrogen) atoms. The Hall–Kier alpha value is -3.41. The molecule has 2 aromatic carbocycles. The Morgan fingerprint density at radius 1 is 1.07 bits per heavy atom. The van der Waals surface area contributed by atoms with Crippen molar-refractivity contribution in [3.63, 3.8) is 0 Å². The van der Waals surface area contributed by atoms with Gasteiger partial charge >= 0.3 is 0 Å². The molecule has 1 aliphatic heterocycles. The van der Waals surface area contributed by atoms with E-state index in [0.29, 0.717) is 30.8 Å². The summed E-state index contributed by atoms with van der Waals surface area (Å²) in [5.41, 5.74) is 2.10. The first-order valence-corrected chi connectivity index (χ1v) is 10.3. The maximum atomic E-state index is 12.8. The number of benzene rings is 2. The van der Waals surface area contributed by atoms with Crippen LogP contribution in [0.2, 0.25) is 0 Å². The van der Waals surface area contributed by atoms with Gasteiger partial charge in [0.25, 0.3) is 11.8 Å². The van der Waals surface area contributed by atoms with E-state index in [1.54, 1.807) is 24.4 Å². The van der Waals surface area contributed by atoms with Crippen molar-refractivity contribution in [1.29, 1.82) is 0 Å². The molecule has 0 atom stereocenters. The van der Waals surface area contributed by atoms with Gasteiger partial charge in [-0.05, 0) is 56.2 Å². The molecular formula is C24H25N3O3. The molecule has 2 heterocycles. The van der Waals surface area contributed by atoms with E-state index in [0.717, 1.165) is 29.5 Å². The van der Waals surface area contributed by atoms with E-state index in [4.69, 9.17) is 4.74 Å². The SMILES string of the molecule is CCOc1ccc(C(=O)N2CCC(NC(=O)c3ccnc4ccccc34)CC2)cc1. The van der Waals surface area contributed by atoms with Gasteiger partial charge in [0.1, 0.15) is 5.75 Å². The number of fused-ring (bicyclic) bond motifs is 1. The number of pyridine rings is 1. The summed E-state index contributed by atoms with van der Waals surface area (Å²) >= 11 is 0. The van der Waals surface area contributed by atoms with Crippen LogP contribution in [-0.4, -0.2) is 47.4 Å². The number of hydrogen-bond acceptors (Lipinski definition) is 4. The predicted octanol–water partition coefficient (Wildman–Crippen LogP) is 3.67. The molecule has 6 heteroatoms. The van der Waals surface area contributed by atoms with Gasteiger partial charge in [0.15, 0.2) is 0 Å². The Balaban J connectivity index is 1.35. The Kier molecular flexibility index (Phi) is 5.93. The van der Waals surface area contributed by atoms with Crippen LogP contribution in [0.15, 0.2) is 60.8 Å². The van der Waals surface area contributed by atoms with Gasteiger partial charge in [-0.25, -0.2) is 0 Å². The highest BCUT2D eigenvalue weighted by Crippen LogP contribution is 2.19. The van der Waals surface area contributed by atoms with Gasteiger partial charge in [0.05, 0.1) is 17.7 Å². The molecule has 1 aromatic heterocycles. The zero-order valence-corrected chi connectivity index (χ0v) is 17.0. The molecule has 0 saturated carbocycles. The summed E-state index contributed by atoms with van der Waals surface area (Å²) in [6.07, 6.45) is 3.13. The highest BCUT2D eigenvalue weighted by atomic mass is 16.5. The second-order valence-corrected chi connectivity index (χ2v) is 7.37. The molecule has 2 amide bonds. The number of carbonyl (C=O) groups is 2. The van der Waals surface area contributed by atoms with Crippen molar-refractivity contribution in [2.45, 2.75) is 25.8 Å². The van der Waals surface area contributed by atoms with Crippen LogP contribution in [0.4, 0.5) is 0 Å². The van der Waals surface area contributed by atoms with Gasteiger partial charge in [0.2, 0.25) is 0 Å². The lowest BCUT2D eigenvalue weighted by molar-refractivity contribution is 0.0698. The van der Waals surface area contributed by atoms with E-state index < -0.39 is 0 Å². The third kappa shape index (κ3) is 4.27. The van der Waals surface area contributed by atoms with Gasteiger partial charge < -0.3 is 15.0 Å². The first-order chi connectivity index (χ1) is 14.7. The summed E-state index contributed by atoms with van der Waals surface area (Å²) < 4.78 is 5.43. The summed E-state index contributed by atoms with van der Waals surface area (Å²) in [4.78, 5) is 31.7. The first-order valence-electron chi connectivity index (χ1n) is 10.3. The van der Waals surface area contributed by atoms with Crippen molar-refractivity contribution < 1.29 is 14.3 Å². The quantitative estimate of drug-likeness (QED) is 0.706. The van der Waals surface area contributed by atoms with Crippen LogP contribution < -0.4 is 10.1 Å². The summed E-state index contributed by atoms with van der Waals surface area (Å²) in [5, 5.41) is 3.97. The number of amides is 2. The normalized spacial score (nSPS) is 14.5. The van der Waals surface area contributed by atoms with Crippen molar-refractivity contribution in [2.75, 3.05) is 19.7 Å². The Labute approximate surface area is 175 Å². The number of likely N-dealkylation sites (tertiary alicyclic amines) is 1. The molecular weight excluding hydrogens is 378 g/mol. The summed E-state index contributed by atoms with van der Waals surface area (Å²) in [6, 6.07) is 16.7. The fourth-order valence-electron chi connectivity index (χ4n) is 3.83. The van der Waals surface area contributed by atoms with Crippen LogP contribution in [0.5, 0.6) is 5.75 Å². The van der Waals surface area contributed by atoms with Gasteiger partial charge in [-0.3, -0.25) is 14.6 Å². The zero-order chi connectivity index (χ0) is 20.9. The number of carbonyl (C=O) groups excluding carboxylic acids is 2. The van der Waals surface area contributed by atoms with E-state index >= 15 is 0 Å². The van der Waals surface area contributed by atoms with Crippen LogP contribution in [0.3, 0.4) is 0 Å². The second-order valence-electron chi connectivity index (χ2n) is 7.37. The predicted molar refractivity (Wildman–Crippen MR) is 116 cm³/mol. The number of aromatic nitrogens is 1. The number of ether oxygens (including phenoxy) is 1. The van der Waals surface area contributed by atoms with E-state index in [-0.39, 0.29) is 17.9 Å². The average Bonchev–Trinajstić information content (AvgIpc) is 2.79. The topological polar surface area (TPSA) is 71.5 Å². The van der Waals surface area contributed by atoms with Gasteiger partial charge in [-0.15, -0.1) is 0 Å². The molecule has 6 nitrogen and oxygen atoms in total. The van der Waals surface area contributed by atoms with Crippen LogP contribution in [0, 0.1) is 0 Å². The molecule has 4 rings (SSSR count). The van der Waals surface area contributed by atoms with Gasteiger partial charge in [-0.2, -0.15) is 0 Å². The van der Waals surface area contributed by atoms with Crippen molar-refractivity contribution in [3.05, 3.63) is 71.9 Å².